The minimum Gasteiger partial charge on any atom is -0.378 e. The second kappa shape index (κ2) is 6.70. The maximum absolute atomic E-state index is 12.4. The van der Waals surface area contributed by atoms with Crippen molar-refractivity contribution in [2.75, 3.05) is 20.7 Å². The molecule has 7 heteroatoms. The molecule has 0 saturated heterocycles. The van der Waals surface area contributed by atoms with Crippen LogP contribution < -0.4 is 5.32 Å². The number of ether oxygens (including phenoxy) is 1. The number of nitrogens with one attached hydrogen (secondary N) is 1. The number of hydrogen-bond acceptors (Lipinski definition) is 5. The molecule has 0 spiro atoms. The number of aromatic nitrogens is 2. The lowest BCUT2D eigenvalue weighted by Gasteiger charge is -2.61. The Balaban J connectivity index is 1.82. The Morgan fingerprint density at radius 1 is 1.46 bits per heavy atom. The first-order valence-corrected chi connectivity index (χ1v) is 8.50. The van der Waals surface area contributed by atoms with Crippen molar-refractivity contribution in [1.82, 2.24) is 20.4 Å². The van der Waals surface area contributed by atoms with E-state index in [4.69, 9.17) is 9.26 Å². The molecule has 7 nitrogen and oxygen atoms in total. The third kappa shape index (κ3) is 3.27. The second-order valence-corrected chi connectivity index (χ2v) is 7.67. The number of hydrogen-bond donors (Lipinski definition) is 1. The van der Waals surface area contributed by atoms with Crippen LogP contribution in [0.5, 0.6) is 0 Å². The van der Waals surface area contributed by atoms with Gasteiger partial charge in [-0.15, -0.1) is 0 Å². The smallest absolute Gasteiger partial charge is 0.317 e. The zero-order chi connectivity index (χ0) is 18.1. The Kier molecular flexibility index (Phi) is 5.22. The molecule has 24 heavy (non-hydrogen) atoms. The van der Waals surface area contributed by atoms with E-state index in [-0.39, 0.29) is 29.0 Å². The van der Waals surface area contributed by atoms with Gasteiger partial charge >= 0.3 is 6.03 Å². The molecule has 0 bridgehead atoms. The molecule has 1 N–H and O–H groups in total. The molecule has 2 atom stereocenters. The van der Waals surface area contributed by atoms with Gasteiger partial charge in [-0.25, -0.2) is 4.79 Å². The molecule has 1 aliphatic rings. The Morgan fingerprint density at radius 3 is 2.62 bits per heavy atom. The number of nitrogens with zero attached hydrogens (tertiary/aromatic N) is 3. The minimum atomic E-state index is -0.191. The maximum Gasteiger partial charge on any atom is 0.317 e. The van der Waals surface area contributed by atoms with E-state index < -0.39 is 0 Å². The highest BCUT2D eigenvalue weighted by Crippen LogP contribution is 2.53. The van der Waals surface area contributed by atoms with Gasteiger partial charge < -0.3 is 19.5 Å². The summed E-state index contributed by atoms with van der Waals surface area (Å²) in [5, 5.41) is 6.84. The average molecular weight is 338 g/mol. The molecule has 1 heterocycles. The normalized spacial score (nSPS) is 25.4. The van der Waals surface area contributed by atoms with Gasteiger partial charge in [0.05, 0.1) is 5.60 Å². The van der Waals surface area contributed by atoms with Gasteiger partial charge in [0.2, 0.25) is 5.89 Å². The topological polar surface area (TPSA) is 80.5 Å². The van der Waals surface area contributed by atoms with Gasteiger partial charge in [-0.3, -0.25) is 0 Å². The van der Waals surface area contributed by atoms with Gasteiger partial charge in [0, 0.05) is 44.5 Å². The zero-order valence-corrected chi connectivity index (χ0v) is 15.8. The molecular formula is C17H30N4O3. The number of carbonyl (C=O) groups is 1. The molecule has 1 fully saturated rings. The van der Waals surface area contributed by atoms with Crippen LogP contribution >= 0.6 is 0 Å². The summed E-state index contributed by atoms with van der Waals surface area (Å²) in [7, 11) is 3.56. The lowest BCUT2D eigenvalue weighted by molar-refractivity contribution is -0.198. The SMILES string of the molecule is CO[C@]1(C)C[C@@H](N(C)C(=O)NCCc2nc(C(C)C)no2)C1(C)C. The summed E-state index contributed by atoms with van der Waals surface area (Å²) in [4.78, 5) is 18.5. The van der Waals surface area contributed by atoms with Gasteiger partial charge in [-0.2, -0.15) is 4.98 Å². The van der Waals surface area contributed by atoms with Crippen molar-refractivity contribution in [3.63, 3.8) is 0 Å². The van der Waals surface area contributed by atoms with Crippen molar-refractivity contribution < 1.29 is 14.1 Å². The van der Waals surface area contributed by atoms with E-state index in [1.54, 1.807) is 12.0 Å². The van der Waals surface area contributed by atoms with Crippen molar-refractivity contribution in [2.45, 2.75) is 65.0 Å². The molecule has 0 aromatic carbocycles. The molecule has 0 unspecified atom stereocenters. The van der Waals surface area contributed by atoms with Gasteiger partial charge in [0.25, 0.3) is 0 Å². The second-order valence-electron chi connectivity index (χ2n) is 7.67. The quantitative estimate of drug-likeness (QED) is 0.862. The summed E-state index contributed by atoms with van der Waals surface area (Å²) in [6.07, 6.45) is 1.37. The van der Waals surface area contributed by atoms with Crippen LogP contribution in [0.2, 0.25) is 0 Å². The maximum atomic E-state index is 12.4. The summed E-state index contributed by atoms with van der Waals surface area (Å²) >= 11 is 0. The minimum absolute atomic E-state index is 0.0881. The highest BCUT2D eigenvalue weighted by atomic mass is 16.5. The predicted octanol–water partition coefficient (Wildman–Crippen LogP) is 2.58. The fourth-order valence-corrected chi connectivity index (χ4v) is 3.22. The first-order valence-electron chi connectivity index (χ1n) is 8.50. The van der Waals surface area contributed by atoms with Crippen LogP contribution in [-0.4, -0.2) is 53.4 Å². The van der Waals surface area contributed by atoms with Crippen molar-refractivity contribution in [1.29, 1.82) is 0 Å². The molecule has 2 rings (SSSR count). The van der Waals surface area contributed by atoms with Crippen molar-refractivity contribution in [3.8, 4) is 0 Å². The Labute approximate surface area is 144 Å². The number of rotatable bonds is 6. The first-order chi connectivity index (χ1) is 11.1. The summed E-state index contributed by atoms with van der Waals surface area (Å²) in [5.41, 5.74) is -0.282. The van der Waals surface area contributed by atoms with Crippen LogP contribution in [0.25, 0.3) is 0 Å². The van der Waals surface area contributed by atoms with Crippen LogP contribution in [-0.2, 0) is 11.2 Å². The van der Waals surface area contributed by atoms with Gasteiger partial charge in [-0.05, 0) is 13.3 Å². The number of methoxy groups -OCH3 is 1. The molecular weight excluding hydrogens is 308 g/mol. The van der Waals surface area contributed by atoms with E-state index in [1.807, 2.05) is 20.9 Å². The van der Waals surface area contributed by atoms with Crippen molar-refractivity contribution in [3.05, 3.63) is 11.7 Å². The highest BCUT2D eigenvalue weighted by Gasteiger charge is 2.59. The standard InChI is InChI=1S/C17H30N4O3/c1-11(2)14-19-13(24-20-14)8-9-18-15(22)21(6)12-10-17(5,23-7)16(12,3)4/h11-12H,8-10H2,1-7H3,(H,18,22)/t12-,17-/m1/s1. The van der Waals surface area contributed by atoms with Gasteiger partial charge in [0.15, 0.2) is 5.82 Å². The fraction of sp³-hybridized carbons (Fsp3) is 0.824. The van der Waals surface area contributed by atoms with Crippen LogP contribution in [0.15, 0.2) is 4.52 Å². The third-order valence-corrected chi connectivity index (χ3v) is 5.63. The van der Waals surface area contributed by atoms with Gasteiger partial charge in [-0.1, -0.05) is 32.9 Å². The number of amides is 2. The van der Waals surface area contributed by atoms with E-state index in [0.29, 0.717) is 24.7 Å². The molecule has 1 aromatic rings. The van der Waals surface area contributed by atoms with E-state index in [9.17, 15) is 4.79 Å². The van der Waals surface area contributed by atoms with Crippen LogP contribution in [0.4, 0.5) is 4.79 Å². The lowest BCUT2D eigenvalue weighted by Crippen LogP contribution is -2.69. The predicted molar refractivity (Wildman–Crippen MR) is 90.9 cm³/mol. The molecule has 136 valence electrons. The van der Waals surface area contributed by atoms with Crippen molar-refractivity contribution >= 4 is 6.03 Å². The summed E-state index contributed by atoms with van der Waals surface area (Å²) in [6, 6.07) is 0.0632. The molecule has 1 aliphatic carbocycles. The molecule has 1 saturated carbocycles. The summed E-state index contributed by atoms with van der Waals surface area (Å²) < 4.78 is 10.8. The summed E-state index contributed by atoms with van der Waals surface area (Å²) in [5.74, 6) is 1.49. The summed E-state index contributed by atoms with van der Waals surface area (Å²) in [6.45, 7) is 10.9. The zero-order valence-electron chi connectivity index (χ0n) is 15.8. The Bertz CT molecular complexity index is 584. The monoisotopic (exact) mass is 338 g/mol. The molecule has 2 amide bonds. The average Bonchev–Trinajstić information content (AvgIpc) is 3.00. The van der Waals surface area contributed by atoms with Crippen molar-refractivity contribution in [2.24, 2.45) is 5.41 Å². The first kappa shape index (κ1) is 18.7. The Hall–Kier alpha value is -1.63. The highest BCUT2D eigenvalue weighted by molar-refractivity contribution is 5.74. The molecule has 1 aromatic heterocycles. The van der Waals surface area contributed by atoms with Crippen LogP contribution in [0.1, 0.15) is 58.7 Å². The number of urea groups is 1. The van der Waals surface area contributed by atoms with E-state index in [0.717, 1.165) is 6.42 Å². The Morgan fingerprint density at radius 2 is 2.12 bits per heavy atom. The van der Waals surface area contributed by atoms with E-state index in [2.05, 4.69) is 36.2 Å². The van der Waals surface area contributed by atoms with Crippen LogP contribution in [0.3, 0.4) is 0 Å². The molecule has 0 radical (unpaired) electrons. The third-order valence-electron chi connectivity index (χ3n) is 5.63. The van der Waals surface area contributed by atoms with E-state index in [1.165, 1.54) is 0 Å². The van der Waals surface area contributed by atoms with Gasteiger partial charge in [0.1, 0.15) is 0 Å². The largest absolute Gasteiger partial charge is 0.378 e. The molecule has 0 aliphatic heterocycles. The number of carbonyl (C=O) groups excluding carboxylic acids is 1. The van der Waals surface area contributed by atoms with E-state index >= 15 is 0 Å². The fourth-order valence-electron chi connectivity index (χ4n) is 3.22. The van der Waals surface area contributed by atoms with Crippen LogP contribution in [0, 0.1) is 5.41 Å². The lowest BCUT2D eigenvalue weighted by atomic mass is 9.55.